The summed E-state index contributed by atoms with van der Waals surface area (Å²) in [7, 11) is 0. The minimum Gasteiger partial charge on any atom is -0.0870 e. The Labute approximate surface area is 111 Å². The highest BCUT2D eigenvalue weighted by molar-refractivity contribution is 5.74. The standard InChI is InChI=1S/C18H21/c1-5-9-15-13-17(11-7-3)18(12-8-4)14-16(15)10-6-2/h5-13H,1-4H3. The van der Waals surface area contributed by atoms with Crippen LogP contribution in [0.5, 0.6) is 0 Å². The van der Waals surface area contributed by atoms with Gasteiger partial charge in [0, 0.05) is 0 Å². The monoisotopic (exact) mass is 237 g/mol. The van der Waals surface area contributed by atoms with Crippen LogP contribution in [-0.2, 0) is 0 Å². The predicted octanol–water partition coefficient (Wildman–Crippen LogP) is 5.62. The first-order valence-corrected chi connectivity index (χ1v) is 6.37. The van der Waals surface area contributed by atoms with E-state index in [1.54, 1.807) is 0 Å². The maximum absolute atomic E-state index is 3.48. The molecule has 0 unspecified atom stereocenters. The average Bonchev–Trinajstić information content (AvgIpc) is 2.35. The van der Waals surface area contributed by atoms with Crippen LogP contribution in [0, 0.1) is 6.07 Å². The topological polar surface area (TPSA) is 0 Å². The molecule has 1 aromatic rings. The molecule has 0 aromatic heterocycles. The smallest absolute Gasteiger partial charge is 0.00146 e. The van der Waals surface area contributed by atoms with E-state index in [4.69, 9.17) is 0 Å². The zero-order valence-electron chi connectivity index (χ0n) is 11.7. The summed E-state index contributed by atoms with van der Waals surface area (Å²) < 4.78 is 0. The number of allylic oxidation sites excluding steroid dienone is 4. The Kier molecular flexibility index (Phi) is 5.93. The van der Waals surface area contributed by atoms with E-state index in [2.05, 4.69) is 48.6 Å². The van der Waals surface area contributed by atoms with Crippen molar-refractivity contribution < 1.29 is 0 Å². The Morgan fingerprint density at radius 3 is 1.39 bits per heavy atom. The lowest BCUT2D eigenvalue weighted by Gasteiger charge is -2.07. The number of hydrogen-bond acceptors (Lipinski definition) is 0. The van der Waals surface area contributed by atoms with Crippen molar-refractivity contribution in [1.29, 1.82) is 0 Å². The average molecular weight is 237 g/mol. The van der Waals surface area contributed by atoms with Gasteiger partial charge in [-0.2, -0.15) is 0 Å². The fourth-order valence-electron chi connectivity index (χ4n) is 1.86. The number of benzene rings is 1. The summed E-state index contributed by atoms with van der Waals surface area (Å²) in [5.41, 5.74) is 4.68. The molecule has 0 aliphatic heterocycles. The maximum atomic E-state index is 3.48. The predicted molar refractivity (Wildman–Crippen MR) is 84.1 cm³/mol. The van der Waals surface area contributed by atoms with Crippen LogP contribution in [0.25, 0.3) is 24.3 Å². The van der Waals surface area contributed by atoms with Gasteiger partial charge < -0.3 is 0 Å². The van der Waals surface area contributed by atoms with Crippen molar-refractivity contribution in [3.05, 3.63) is 58.7 Å². The second-order valence-electron chi connectivity index (χ2n) is 4.01. The van der Waals surface area contributed by atoms with E-state index >= 15 is 0 Å². The van der Waals surface area contributed by atoms with Crippen LogP contribution >= 0.6 is 0 Å². The Morgan fingerprint density at radius 1 is 0.667 bits per heavy atom. The summed E-state index contributed by atoms with van der Waals surface area (Å²) in [5, 5.41) is 0. The van der Waals surface area contributed by atoms with Crippen molar-refractivity contribution in [2.45, 2.75) is 27.7 Å². The van der Waals surface area contributed by atoms with E-state index < -0.39 is 0 Å². The van der Waals surface area contributed by atoms with E-state index in [0.29, 0.717) is 0 Å². The molecule has 0 bridgehead atoms. The highest BCUT2D eigenvalue weighted by atomic mass is 14.1. The second kappa shape index (κ2) is 7.50. The van der Waals surface area contributed by atoms with Gasteiger partial charge in [0.2, 0.25) is 0 Å². The first-order chi connectivity index (χ1) is 8.76. The SMILES string of the molecule is CC=Cc1[c]c(C=CC)c(C=CC)cc1C=CC. The fourth-order valence-corrected chi connectivity index (χ4v) is 1.86. The van der Waals surface area contributed by atoms with Gasteiger partial charge in [0.1, 0.15) is 0 Å². The molecule has 0 saturated carbocycles. The summed E-state index contributed by atoms with van der Waals surface area (Å²) in [6.45, 7) is 8.13. The minimum absolute atomic E-state index is 1.14. The van der Waals surface area contributed by atoms with E-state index in [-0.39, 0.29) is 0 Å². The highest BCUT2D eigenvalue weighted by Crippen LogP contribution is 2.22. The van der Waals surface area contributed by atoms with Crippen LogP contribution in [0.1, 0.15) is 49.9 Å². The normalized spacial score (nSPS) is 12.7. The van der Waals surface area contributed by atoms with Crippen LogP contribution in [-0.4, -0.2) is 0 Å². The molecule has 0 heterocycles. The largest absolute Gasteiger partial charge is 0.0870 e. The lowest BCUT2D eigenvalue weighted by molar-refractivity contribution is 1.51. The zero-order valence-corrected chi connectivity index (χ0v) is 11.7. The zero-order chi connectivity index (χ0) is 13.4. The molecule has 0 saturated heterocycles. The minimum atomic E-state index is 1.14. The number of hydrogen-bond donors (Lipinski definition) is 0. The van der Waals surface area contributed by atoms with Gasteiger partial charge >= 0.3 is 0 Å². The molecule has 0 aliphatic carbocycles. The lowest BCUT2D eigenvalue weighted by Crippen LogP contribution is -1.89. The van der Waals surface area contributed by atoms with Gasteiger partial charge in [-0.25, -0.2) is 0 Å². The van der Waals surface area contributed by atoms with Crippen molar-refractivity contribution >= 4 is 24.3 Å². The summed E-state index contributed by atoms with van der Waals surface area (Å²) in [5.74, 6) is 0. The molecular formula is C18H21. The Balaban J connectivity index is 3.48. The van der Waals surface area contributed by atoms with Gasteiger partial charge in [-0.15, -0.1) is 0 Å². The molecule has 18 heavy (non-hydrogen) atoms. The summed E-state index contributed by atoms with van der Waals surface area (Å²) in [4.78, 5) is 0. The van der Waals surface area contributed by atoms with Gasteiger partial charge in [0.15, 0.2) is 0 Å². The molecule has 1 radical (unpaired) electrons. The molecular weight excluding hydrogens is 216 g/mol. The third-order valence-corrected chi connectivity index (χ3v) is 2.56. The molecule has 93 valence electrons. The van der Waals surface area contributed by atoms with Gasteiger partial charge in [0.05, 0.1) is 0 Å². The number of rotatable bonds is 4. The third-order valence-electron chi connectivity index (χ3n) is 2.56. The van der Waals surface area contributed by atoms with Crippen LogP contribution < -0.4 is 0 Å². The Bertz CT molecular complexity index is 407. The van der Waals surface area contributed by atoms with Crippen molar-refractivity contribution in [2.75, 3.05) is 0 Å². The Hall–Kier alpha value is -1.82. The van der Waals surface area contributed by atoms with Gasteiger partial charge in [0.25, 0.3) is 0 Å². The van der Waals surface area contributed by atoms with E-state index in [1.807, 2.05) is 39.8 Å². The fraction of sp³-hybridized carbons (Fsp3) is 0.222. The quantitative estimate of drug-likeness (QED) is 0.637. The molecule has 0 spiro atoms. The third kappa shape index (κ3) is 3.59. The molecule has 0 fully saturated rings. The van der Waals surface area contributed by atoms with Crippen molar-refractivity contribution in [1.82, 2.24) is 0 Å². The Morgan fingerprint density at radius 2 is 1.06 bits per heavy atom. The van der Waals surface area contributed by atoms with Gasteiger partial charge in [-0.1, -0.05) is 48.6 Å². The summed E-state index contributed by atoms with van der Waals surface area (Å²) in [6, 6.07) is 5.69. The molecule has 0 amide bonds. The van der Waals surface area contributed by atoms with Crippen LogP contribution in [0.15, 0.2) is 30.4 Å². The maximum Gasteiger partial charge on any atom is -0.00146 e. The molecule has 0 atom stereocenters. The summed E-state index contributed by atoms with van der Waals surface area (Å²) in [6.07, 6.45) is 16.7. The first kappa shape index (κ1) is 14.2. The van der Waals surface area contributed by atoms with Crippen molar-refractivity contribution in [2.24, 2.45) is 0 Å². The van der Waals surface area contributed by atoms with Crippen molar-refractivity contribution in [3.63, 3.8) is 0 Å². The van der Waals surface area contributed by atoms with Gasteiger partial charge in [-0.3, -0.25) is 0 Å². The molecule has 0 aliphatic rings. The molecule has 0 heteroatoms. The lowest BCUT2D eigenvalue weighted by atomic mass is 9.97. The molecule has 0 N–H and O–H groups in total. The van der Waals surface area contributed by atoms with Gasteiger partial charge in [-0.05, 0) is 62.1 Å². The van der Waals surface area contributed by atoms with Crippen LogP contribution in [0.4, 0.5) is 0 Å². The molecule has 1 aromatic carbocycles. The summed E-state index contributed by atoms with van der Waals surface area (Å²) >= 11 is 0. The molecule has 0 nitrogen and oxygen atoms in total. The second-order valence-corrected chi connectivity index (χ2v) is 4.01. The van der Waals surface area contributed by atoms with Crippen LogP contribution in [0.3, 0.4) is 0 Å². The molecule has 1 rings (SSSR count). The van der Waals surface area contributed by atoms with Crippen molar-refractivity contribution in [3.8, 4) is 0 Å². The highest BCUT2D eigenvalue weighted by Gasteiger charge is 2.03. The van der Waals surface area contributed by atoms with E-state index in [1.165, 1.54) is 11.1 Å². The van der Waals surface area contributed by atoms with Crippen LogP contribution in [0.2, 0.25) is 0 Å². The van der Waals surface area contributed by atoms with E-state index in [0.717, 1.165) is 11.1 Å². The first-order valence-electron chi connectivity index (χ1n) is 6.37. The van der Waals surface area contributed by atoms with E-state index in [9.17, 15) is 0 Å².